The van der Waals surface area contributed by atoms with Gasteiger partial charge < -0.3 is 15.0 Å². The van der Waals surface area contributed by atoms with E-state index in [9.17, 15) is 9.59 Å². The lowest BCUT2D eigenvalue weighted by Gasteiger charge is -2.27. The largest absolute Gasteiger partial charge is 0.496 e. The number of ether oxygens (including phenoxy) is 1. The lowest BCUT2D eigenvalue weighted by molar-refractivity contribution is -0.136. The quantitative estimate of drug-likeness (QED) is 0.836. The number of methoxy groups -OCH3 is 1. The summed E-state index contributed by atoms with van der Waals surface area (Å²) in [5.74, 6) is 0.416. The van der Waals surface area contributed by atoms with Gasteiger partial charge in [0.25, 0.3) is 0 Å². The van der Waals surface area contributed by atoms with Gasteiger partial charge in [0.15, 0.2) is 0 Å². The molecule has 1 aromatic carbocycles. The standard InChI is InChI=1S/C16H23BrN2O3/c1-10(2)15(18-11(3)20)16(21)19(4)9-12-8-13(17)6-7-14(12)22-5/h6-8,10,15H,9H2,1-5H3,(H,18,20). The number of hydrogen-bond donors (Lipinski definition) is 1. The van der Waals surface area contributed by atoms with Crippen molar-refractivity contribution in [3.63, 3.8) is 0 Å². The molecule has 122 valence electrons. The summed E-state index contributed by atoms with van der Waals surface area (Å²) in [6.45, 7) is 5.64. The Morgan fingerprint density at radius 2 is 2.00 bits per heavy atom. The SMILES string of the molecule is COc1ccc(Br)cc1CN(C)C(=O)C(NC(C)=O)C(C)C. The molecule has 1 N–H and O–H groups in total. The van der Waals surface area contributed by atoms with E-state index in [4.69, 9.17) is 4.74 Å². The first-order valence-corrected chi connectivity index (χ1v) is 7.90. The van der Waals surface area contributed by atoms with E-state index in [1.54, 1.807) is 19.1 Å². The van der Waals surface area contributed by atoms with E-state index >= 15 is 0 Å². The summed E-state index contributed by atoms with van der Waals surface area (Å²) < 4.78 is 6.25. The molecule has 0 heterocycles. The number of carbonyl (C=O) groups excluding carboxylic acids is 2. The molecule has 0 fully saturated rings. The first-order valence-electron chi connectivity index (χ1n) is 7.10. The van der Waals surface area contributed by atoms with Gasteiger partial charge in [-0.25, -0.2) is 0 Å². The summed E-state index contributed by atoms with van der Waals surface area (Å²) in [5, 5.41) is 2.72. The van der Waals surface area contributed by atoms with Gasteiger partial charge >= 0.3 is 0 Å². The van der Waals surface area contributed by atoms with Crippen LogP contribution >= 0.6 is 15.9 Å². The van der Waals surface area contributed by atoms with Crippen LogP contribution in [-0.4, -0.2) is 36.9 Å². The van der Waals surface area contributed by atoms with Crippen molar-refractivity contribution in [2.45, 2.75) is 33.4 Å². The van der Waals surface area contributed by atoms with E-state index < -0.39 is 6.04 Å². The maximum Gasteiger partial charge on any atom is 0.245 e. The second-order valence-electron chi connectivity index (χ2n) is 5.57. The topological polar surface area (TPSA) is 58.6 Å². The lowest BCUT2D eigenvalue weighted by Crippen LogP contribution is -2.49. The van der Waals surface area contributed by atoms with Gasteiger partial charge in [0.05, 0.1) is 7.11 Å². The minimum Gasteiger partial charge on any atom is -0.496 e. The Bertz CT molecular complexity index is 546. The summed E-state index contributed by atoms with van der Waals surface area (Å²) in [6, 6.07) is 5.13. The van der Waals surface area contributed by atoms with Crippen LogP contribution in [0.2, 0.25) is 0 Å². The van der Waals surface area contributed by atoms with Gasteiger partial charge in [0.1, 0.15) is 11.8 Å². The molecular weight excluding hydrogens is 348 g/mol. The molecule has 0 aromatic heterocycles. The van der Waals surface area contributed by atoms with Crippen molar-refractivity contribution < 1.29 is 14.3 Å². The monoisotopic (exact) mass is 370 g/mol. The minimum atomic E-state index is -0.527. The molecule has 0 aliphatic carbocycles. The smallest absolute Gasteiger partial charge is 0.245 e. The highest BCUT2D eigenvalue weighted by atomic mass is 79.9. The van der Waals surface area contributed by atoms with Crippen LogP contribution in [0.4, 0.5) is 0 Å². The Morgan fingerprint density at radius 1 is 1.36 bits per heavy atom. The van der Waals surface area contributed by atoms with Gasteiger partial charge in [-0.05, 0) is 24.1 Å². The molecule has 0 saturated carbocycles. The maximum absolute atomic E-state index is 12.6. The first-order chi connectivity index (χ1) is 10.3. The van der Waals surface area contributed by atoms with Gasteiger partial charge in [-0.1, -0.05) is 29.8 Å². The lowest BCUT2D eigenvalue weighted by atomic mass is 10.0. The second kappa shape index (κ2) is 8.17. The third kappa shape index (κ3) is 5.02. The Balaban J connectivity index is 2.91. The predicted molar refractivity (Wildman–Crippen MR) is 89.6 cm³/mol. The Kier molecular flexibility index (Phi) is 6.87. The van der Waals surface area contributed by atoms with E-state index in [2.05, 4.69) is 21.2 Å². The number of likely N-dealkylation sites (N-methyl/N-ethyl adjacent to an activating group) is 1. The molecule has 0 saturated heterocycles. The average Bonchev–Trinajstić information content (AvgIpc) is 2.43. The molecule has 0 radical (unpaired) electrons. The van der Waals surface area contributed by atoms with Crippen LogP contribution in [0.1, 0.15) is 26.3 Å². The van der Waals surface area contributed by atoms with E-state index in [0.29, 0.717) is 6.54 Å². The zero-order valence-electron chi connectivity index (χ0n) is 13.6. The van der Waals surface area contributed by atoms with Crippen LogP contribution in [0.15, 0.2) is 22.7 Å². The van der Waals surface area contributed by atoms with Crippen molar-refractivity contribution in [2.75, 3.05) is 14.2 Å². The van der Waals surface area contributed by atoms with E-state index in [1.807, 2.05) is 32.0 Å². The number of halogens is 1. The third-order valence-electron chi connectivity index (χ3n) is 3.32. The number of benzene rings is 1. The molecule has 0 spiro atoms. The normalized spacial score (nSPS) is 12.0. The molecule has 2 amide bonds. The van der Waals surface area contributed by atoms with Crippen LogP contribution < -0.4 is 10.1 Å². The number of nitrogens with one attached hydrogen (secondary N) is 1. The number of rotatable bonds is 6. The Morgan fingerprint density at radius 3 is 2.50 bits per heavy atom. The highest BCUT2D eigenvalue weighted by Crippen LogP contribution is 2.24. The van der Waals surface area contributed by atoms with Crippen molar-refractivity contribution in [3.05, 3.63) is 28.2 Å². The number of hydrogen-bond acceptors (Lipinski definition) is 3. The summed E-state index contributed by atoms with van der Waals surface area (Å²) in [6.07, 6.45) is 0. The second-order valence-corrected chi connectivity index (χ2v) is 6.49. The molecule has 22 heavy (non-hydrogen) atoms. The van der Waals surface area contributed by atoms with E-state index in [-0.39, 0.29) is 17.7 Å². The van der Waals surface area contributed by atoms with Crippen LogP contribution in [0.3, 0.4) is 0 Å². The predicted octanol–water partition coefficient (Wildman–Crippen LogP) is 2.58. The van der Waals surface area contributed by atoms with Crippen LogP contribution in [0.25, 0.3) is 0 Å². The molecule has 1 rings (SSSR count). The molecule has 0 aliphatic rings. The fourth-order valence-corrected chi connectivity index (χ4v) is 2.58. The summed E-state index contributed by atoms with van der Waals surface area (Å²) >= 11 is 3.42. The van der Waals surface area contributed by atoms with Crippen molar-refractivity contribution in [1.29, 1.82) is 0 Å². The van der Waals surface area contributed by atoms with Crippen LogP contribution in [-0.2, 0) is 16.1 Å². The number of nitrogens with zero attached hydrogens (tertiary/aromatic N) is 1. The fraction of sp³-hybridized carbons (Fsp3) is 0.500. The van der Waals surface area contributed by atoms with Crippen molar-refractivity contribution >= 4 is 27.7 Å². The third-order valence-corrected chi connectivity index (χ3v) is 3.81. The number of carbonyl (C=O) groups is 2. The molecule has 6 heteroatoms. The molecule has 1 atom stereocenters. The molecule has 0 bridgehead atoms. The highest BCUT2D eigenvalue weighted by Gasteiger charge is 2.26. The molecule has 5 nitrogen and oxygen atoms in total. The van der Waals surface area contributed by atoms with Gasteiger partial charge in [0, 0.05) is 30.6 Å². The molecule has 0 aliphatic heterocycles. The summed E-state index contributed by atoms with van der Waals surface area (Å²) in [5.41, 5.74) is 0.901. The maximum atomic E-state index is 12.6. The van der Waals surface area contributed by atoms with Crippen LogP contribution in [0, 0.1) is 5.92 Å². The van der Waals surface area contributed by atoms with E-state index in [0.717, 1.165) is 15.8 Å². The van der Waals surface area contributed by atoms with Gasteiger partial charge in [0.2, 0.25) is 11.8 Å². The van der Waals surface area contributed by atoms with Crippen molar-refractivity contribution in [2.24, 2.45) is 5.92 Å². The van der Waals surface area contributed by atoms with Crippen molar-refractivity contribution in [3.8, 4) is 5.75 Å². The summed E-state index contributed by atoms with van der Waals surface area (Å²) in [7, 11) is 3.32. The van der Waals surface area contributed by atoms with Crippen LogP contribution in [0.5, 0.6) is 5.75 Å². The van der Waals surface area contributed by atoms with E-state index in [1.165, 1.54) is 6.92 Å². The summed E-state index contributed by atoms with van der Waals surface area (Å²) in [4.78, 5) is 25.5. The molecule has 1 unspecified atom stereocenters. The van der Waals surface area contributed by atoms with Gasteiger partial charge in [-0.15, -0.1) is 0 Å². The van der Waals surface area contributed by atoms with Gasteiger partial charge in [-0.2, -0.15) is 0 Å². The Hall–Kier alpha value is -1.56. The minimum absolute atomic E-state index is 0.0169. The average molecular weight is 371 g/mol. The molecular formula is C16H23BrN2O3. The number of amides is 2. The highest BCUT2D eigenvalue weighted by molar-refractivity contribution is 9.10. The zero-order valence-corrected chi connectivity index (χ0v) is 15.2. The Labute approximate surface area is 140 Å². The van der Waals surface area contributed by atoms with Gasteiger partial charge in [-0.3, -0.25) is 9.59 Å². The first kappa shape index (κ1) is 18.5. The zero-order chi connectivity index (χ0) is 16.9. The fourth-order valence-electron chi connectivity index (χ4n) is 2.17. The molecule has 1 aromatic rings. The van der Waals surface area contributed by atoms with Crippen molar-refractivity contribution in [1.82, 2.24) is 10.2 Å².